The van der Waals surface area contributed by atoms with E-state index in [9.17, 15) is 4.91 Å². The van der Waals surface area contributed by atoms with Crippen LogP contribution in [0.5, 0.6) is 0 Å². The lowest BCUT2D eigenvalue weighted by Crippen LogP contribution is -2.25. The van der Waals surface area contributed by atoms with Crippen LogP contribution in [0.15, 0.2) is 5.18 Å². The highest BCUT2D eigenvalue weighted by molar-refractivity contribution is 9.09. The molecule has 5 unspecified atom stereocenters. The van der Waals surface area contributed by atoms with Gasteiger partial charge in [-0.2, -0.15) is 4.91 Å². The lowest BCUT2D eigenvalue weighted by Gasteiger charge is -2.19. The van der Waals surface area contributed by atoms with E-state index in [4.69, 9.17) is 4.74 Å². The average molecular weight is 234 g/mol. The van der Waals surface area contributed by atoms with Crippen molar-refractivity contribution in [2.24, 2.45) is 17.0 Å². The van der Waals surface area contributed by atoms with Gasteiger partial charge in [0.15, 0.2) is 0 Å². The molecule has 2 saturated carbocycles. The van der Waals surface area contributed by atoms with Crippen LogP contribution in [-0.2, 0) is 4.74 Å². The number of fused-ring (bicyclic) bond motifs is 2. The van der Waals surface area contributed by atoms with E-state index in [1.807, 2.05) is 0 Å². The molecule has 0 amide bonds. The third-order valence-electron chi connectivity index (χ3n) is 3.25. The number of hydrogen-bond donors (Lipinski definition) is 0. The first-order chi connectivity index (χ1) is 5.79. The molecular weight excluding hydrogens is 222 g/mol. The Balaban J connectivity index is 2.20. The lowest BCUT2D eigenvalue weighted by atomic mass is 9.96. The van der Waals surface area contributed by atoms with Gasteiger partial charge in [-0.1, -0.05) is 21.1 Å². The number of nitroso groups, excluding NO2 is 1. The molecule has 2 bridgehead atoms. The van der Waals surface area contributed by atoms with E-state index in [0.717, 1.165) is 6.42 Å². The molecule has 3 nitrogen and oxygen atoms in total. The first-order valence-corrected chi connectivity index (χ1v) is 5.20. The highest BCUT2D eigenvalue weighted by Crippen LogP contribution is 2.50. The molecule has 2 aliphatic carbocycles. The molecule has 0 aliphatic heterocycles. The van der Waals surface area contributed by atoms with Crippen molar-refractivity contribution in [3.8, 4) is 0 Å². The van der Waals surface area contributed by atoms with Crippen LogP contribution in [0, 0.1) is 16.7 Å². The Morgan fingerprint density at radius 3 is 2.50 bits per heavy atom. The van der Waals surface area contributed by atoms with E-state index >= 15 is 0 Å². The molecule has 2 rings (SSSR count). The monoisotopic (exact) mass is 233 g/mol. The summed E-state index contributed by atoms with van der Waals surface area (Å²) >= 11 is 3.53. The lowest BCUT2D eigenvalue weighted by molar-refractivity contribution is 0.0654. The van der Waals surface area contributed by atoms with Crippen molar-refractivity contribution in [1.82, 2.24) is 0 Å². The van der Waals surface area contributed by atoms with Crippen molar-refractivity contribution in [3.05, 3.63) is 4.91 Å². The Kier molecular flexibility index (Phi) is 2.21. The van der Waals surface area contributed by atoms with Crippen LogP contribution in [-0.4, -0.2) is 24.1 Å². The number of ether oxygens (including phenoxy) is 1. The van der Waals surface area contributed by atoms with Gasteiger partial charge in [0, 0.05) is 23.8 Å². The zero-order chi connectivity index (χ0) is 8.72. The van der Waals surface area contributed by atoms with Crippen LogP contribution >= 0.6 is 15.9 Å². The second-order valence-corrected chi connectivity index (χ2v) is 4.70. The third-order valence-corrected chi connectivity index (χ3v) is 4.47. The van der Waals surface area contributed by atoms with E-state index in [0.29, 0.717) is 11.8 Å². The molecule has 0 saturated heterocycles. The van der Waals surface area contributed by atoms with Crippen LogP contribution in [0.4, 0.5) is 0 Å². The summed E-state index contributed by atoms with van der Waals surface area (Å²) in [6.07, 6.45) is 2.53. The molecule has 0 aromatic carbocycles. The minimum atomic E-state index is -0.0614. The molecular formula is C8H12BrNO2. The summed E-state index contributed by atoms with van der Waals surface area (Å²) in [6, 6.07) is -0.0614. The minimum absolute atomic E-state index is 0.0614. The summed E-state index contributed by atoms with van der Waals surface area (Å²) < 4.78 is 5.37. The molecule has 0 aromatic rings. The number of methoxy groups -OCH3 is 1. The number of alkyl halides is 1. The van der Waals surface area contributed by atoms with Crippen molar-refractivity contribution in [2.45, 2.75) is 29.8 Å². The third kappa shape index (κ3) is 0.973. The summed E-state index contributed by atoms with van der Waals surface area (Å²) in [5.41, 5.74) is 0. The van der Waals surface area contributed by atoms with Crippen LogP contribution in [0.2, 0.25) is 0 Å². The second-order valence-electron chi connectivity index (χ2n) is 3.65. The van der Waals surface area contributed by atoms with Crippen molar-refractivity contribution >= 4 is 15.9 Å². The molecule has 4 heteroatoms. The number of hydrogen-bond acceptors (Lipinski definition) is 3. The van der Waals surface area contributed by atoms with Crippen LogP contribution < -0.4 is 0 Å². The highest BCUT2D eigenvalue weighted by atomic mass is 79.9. The maximum atomic E-state index is 10.5. The normalized spacial score (nSPS) is 51.3. The molecule has 0 spiro atoms. The van der Waals surface area contributed by atoms with Crippen LogP contribution in [0.25, 0.3) is 0 Å². The maximum Gasteiger partial charge on any atom is 0.110 e. The minimum Gasteiger partial charge on any atom is -0.381 e. The topological polar surface area (TPSA) is 38.7 Å². The summed E-state index contributed by atoms with van der Waals surface area (Å²) in [6.45, 7) is 0. The Morgan fingerprint density at radius 1 is 1.42 bits per heavy atom. The van der Waals surface area contributed by atoms with Gasteiger partial charge in [0.05, 0.1) is 6.10 Å². The van der Waals surface area contributed by atoms with Gasteiger partial charge in [-0.25, -0.2) is 0 Å². The van der Waals surface area contributed by atoms with Gasteiger partial charge >= 0.3 is 0 Å². The van der Waals surface area contributed by atoms with Crippen molar-refractivity contribution in [3.63, 3.8) is 0 Å². The van der Waals surface area contributed by atoms with Crippen LogP contribution in [0.1, 0.15) is 12.8 Å². The van der Waals surface area contributed by atoms with E-state index in [2.05, 4.69) is 21.1 Å². The molecule has 12 heavy (non-hydrogen) atoms. The van der Waals surface area contributed by atoms with E-state index in [-0.39, 0.29) is 17.0 Å². The second kappa shape index (κ2) is 3.07. The van der Waals surface area contributed by atoms with Gasteiger partial charge in [0.2, 0.25) is 0 Å². The van der Waals surface area contributed by atoms with Gasteiger partial charge in [-0.3, -0.25) is 0 Å². The average Bonchev–Trinajstić information content (AvgIpc) is 2.58. The largest absolute Gasteiger partial charge is 0.381 e. The Bertz CT molecular complexity index is 199. The van der Waals surface area contributed by atoms with Gasteiger partial charge in [0.1, 0.15) is 6.04 Å². The Hall–Kier alpha value is 0.0400. The molecule has 0 N–H and O–H groups in total. The SMILES string of the molecule is COC1C2CCC1C(N=O)C2Br. The van der Waals surface area contributed by atoms with Gasteiger partial charge in [0.25, 0.3) is 0 Å². The zero-order valence-corrected chi connectivity index (χ0v) is 8.53. The summed E-state index contributed by atoms with van der Waals surface area (Å²) in [7, 11) is 1.73. The quantitative estimate of drug-likeness (QED) is 0.541. The standard InChI is InChI=1S/C8H12BrNO2/c1-12-8-4-2-3-5(8)7(10-11)6(4)9/h4-8H,2-3H2,1H3. The van der Waals surface area contributed by atoms with Crippen molar-refractivity contribution in [2.75, 3.05) is 7.11 Å². The van der Waals surface area contributed by atoms with Crippen LogP contribution in [0.3, 0.4) is 0 Å². The highest BCUT2D eigenvalue weighted by Gasteiger charge is 2.55. The van der Waals surface area contributed by atoms with Gasteiger partial charge in [-0.15, -0.1) is 0 Å². The predicted molar refractivity (Wildman–Crippen MR) is 49.3 cm³/mol. The molecule has 5 atom stereocenters. The van der Waals surface area contributed by atoms with E-state index in [1.54, 1.807) is 7.11 Å². The molecule has 0 heterocycles. The van der Waals surface area contributed by atoms with Crippen molar-refractivity contribution in [1.29, 1.82) is 0 Å². The van der Waals surface area contributed by atoms with E-state index < -0.39 is 0 Å². The molecule has 0 aromatic heterocycles. The fraction of sp³-hybridized carbons (Fsp3) is 1.00. The predicted octanol–water partition coefficient (Wildman–Crippen LogP) is 1.94. The Morgan fingerprint density at radius 2 is 2.08 bits per heavy atom. The number of halogens is 1. The molecule has 68 valence electrons. The fourth-order valence-electron chi connectivity index (χ4n) is 2.71. The maximum absolute atomic E-state index is 10.5. The smallest absolute Gasteiger partial charge is 0.110 e. The first kappa shape index (κ1) is 8.63. The zero-order valence-electron chi connectivity index (χ0n) is 6.94. The number of nitrogens with zero attached hydrogens (tertiary/aromatic N) is 1. The molecule has 2 aliphatic rings. The fourth-order valence-corrected chi connectivity index (χ4v) is 3.77. The summed E-state index contributed by atoms with van der Waals surface area (Å²) in [5.74, 6) is 0.865. The summed E-state index contributed by atoms with van der Waals surface area (Å²) in [4.78, 5) is 10.8. The molecule has 0 radical (unpaired) electrons. The van der Waals surface area contributed by atoms with Gasteiger partial charge in [-0.05, 0) is 12.8 Å². The van der Waals surface area contributed by atoms with Gasteiger partial charge < -0.3 is 4.74 Å². The first-order valence-electron chi connectivity index (χ1n) is 4.29. The van der Waals surface area contributed by atoms with E-state index in [1.165, 1.54) is 6.42 Å². The van der Waals surface area contributed by atoms with Crippen molar-refractivity contribution < 1.29 is 4.74 Å². The summed E-state index contributed by atoms with van der Waals surface area (Å²) in [5, 5.41) is 3.17. The number of rotatable bonds is 2. The Labute approximate surface area is 80.0 Å². The molecule has 2 fully saturated rings.